The number of nitrogens with zero attached hydrogens (tertiary/aromatic N) is 1. The molecule has 4 amide bonds. The minimum absolute atomic E-state index is 0. The monoisotopic (exact) mass is 396 g/mol. The van der Waals surface area contributed by atoms with E-state index in [1.165, 1.54) is 0 Å². The fraction of sp³-hybridized carbons (Fsp3) is 0.812. The van der Waals surface area contributed by atoms with Crippen LogP contribution in [0.3, 0.4) is 0 Å². The van der Waals surface area contributed by atoms with E-state index in [0.717, 1.165) is 11.3 Å². The first-order chi connectivity index (χ1) is 11.4. The lowest BCUT2D eigenvalue weighted by atomic mass is 9.64. The quantitative estimate of drug-likeness (QED) is 0.608. The maximum absolute atomic E-state index is 13.1. The largest absolute Gasteiger partial charge is 0.348 e. The number of urea groups is 1. The van der Waals surface area contributed by atoms with Gasteiger partial charge in [-0.25, -0.2) is 13.6 Å². The molecule has 4 N–H and O–H groups in total. The number of rotatable bonds is 5. The van der Waals surface area contributed by atoms with Crippen molar-refractivity contribution in [2.45, 2.75) is 51.5 Å². The summed E-state index contributed by atoms with van der Waals surface area (Å²) in [4.78, 5) is 37.7. The Bertz CT molecular complexity index is 588. The molecule has 1 aliphatic heterocycles. The molecule has 1 spiro atoms. The van der Waals surface area contributed by atoms with Gasteiger partial charge in [0, 0.05) is 0 Å². The first-order valence-corrected chi connectivity index (χ1v) is 8.38. The highest BCUT2D eigenvalue weighted by atomic mass is 35.5. The summed E-state index contributed by atoms with van der Waals surface area (Å²) in [7, 11) is 0. The Balaban J connectivity index is 0.00000338. The van der Waals surface area contributed by atoms with Crippen LogP contribution in [0.15, 0.2) is 0 Å². The van der Waals surface area contributed by atoms with Gasteiger partial charge in [-0.15, -0.1) is 12.4 Å². The molecule has 2 aliphatic rings. The standard InChI is InChI=1S/C16H26F2N4O3.ClH/c1-10-4-14(2,3)7-15(5-10)12(24)22(13(25)21-15)6-11(23)20-9-16(17,18)8-19;/h10H,4-9,19H2,1-3H3,(H,20,23)(H,21,25);1H. The molecule has 0 aromatic heterocycles. The number of imide groups is 1. The van der Waals surface area contributed by atoms with Crippen molar-refractivity contribution in [2.75, 3.05) is 19.6 Å². The van der Waals surface area contributed by atoms with Crippen LogP contribution in [0.4, 0.5) is 13.6 Å². The Kier molecular flexibility index (Phi) is 6.63. The van der Waals surface area contributed by atoms with Gasteiger partial charge in [-0.1, -0.05) is 20.8 Å². The fourth-order valence-corrected chi connectivity index (χ4v) is 4.15. The number of nitrogens with one attached hydrogen (secondary N) is 2. The molecule has 7 nitrogen and oxygen atoms in total. The van der Waals surface area contributed by atoms with Gasteiger partial charge in [0.05, 0.1) is 13.1 Å². The van der Waals surface area contributed by atoms with Gasteiger partial charge < -0.3 is 16.4 Å². The molecule has 0 aromatic carbocycles. The Labute approximate surface area is 157 Å². The van der Waals surface area contributed by atoms with Crippen LogP contribution in [0.25, 0.3) is 0 Å². The average Bonchev–Trinajstić information content (AvgIpc) is 2.67. The van der Waals surface area contributed by atoms with Crippen molar-refractivity contribution in [2.24, 2.45) is 17.1 Å². The van der Waals surface area contributed by atoms with Gasteiger partial charge in [0.1, 0.15) is 12.1 Å². The normalized spacial score (nSPS) is 27.9. The fourth-order valence-electron chi connectivity index (χ4n) is 4.15. The molecule has 10 heteroatoms. The minimum atomic E-state index is -3.23. The lowest BCUT2D eigenvalue weighted by Crippen LogP contribution is -2.54. The zero-order valence-electron chi connectivity index (χ0n) is 15.2. The Morgan fingerprint density at radius 2 is 2.00 bits per heavy atom. The summed E-state index contributed by atoms with van der Waals surface area (Å²) in [5, 5.41) is 4.75. The smallest absolute Gasteiger partial charge is 0.325 e. The van der Waals surface area contributed by atoms with Gasteiger partial charge in [0.25, 0.3) is 11.8 Å². The Morgan fingerprint density at radius 3 is 2.54 bits per heavy atom. The second-order valence-corrected chi connectivity index (χ2v) is 8.09. The Morgan fingerprint density at radius 1 is 1.38 bits per heavy atom. The number of alkyl halides is 2. The van der Waals surface area contributed by atoms with Crippen LogP contribution in [0, 0.1) is 11.3 Å². The third-order valence-corrected chi connectivity index (χ3v) is 4.77. The predicted octanol–water partition coefficient (Wildman–Crippen LogP) is 1.26. The van der Waals surface area contributed by atoms with Crippen molar-refractivity contribution in [3.63, 3.8) is 0 Å². The van der Waals surface area contributed by atoms with Crippen molar-refractivity contribution < 1.29 is 23.2 Å². The van der Waals surface area contributed by atoms with Gasteiger partial charge in [-0.05, 0) is 30.6 Å². The molecule has 0 aromatic rings. The van der Waals surface area contributed by atoms with Crippen molar-refractivity contribution in [3.8, 4) is 0 Å². The van der Waals surface area contributed by atoms with Crippen LogP contribution in [0.5, 0.6) is 0 Å². The molecule has 0 radical (unpaired) electrons. The van der Waals surface area contributed by atoms with E-state index in [1.807, 2.05) is 26.1 Å². The molecule has 1 heterocycles. The average molecular weight is 397 g/mol. The molecule has 2 atom stereocenters. The summed E-state index contributed by atoms with van der Waals surface area (Å²) in [5.41, 5.74) is 3.76. The molecule has 2 unspecified atom stereocenters. The van der Waals surface area contributed by atoms with Gasteiger partial charge in [0.2, 0.25) is 5.91 Å². The predicted molar refractivity (Wildman–Crippen MR) is 94.0 cm³/mol. The second kappa shape index (κ2) is 7.64. The van der Waals surface area contributed by atoms with Crippen LogP contribution in [-0.4, -0.2) is 53.8 Å². The van der Waals surface area contributed by atoms with Gasteiger partial charge in [-0.2, -0.15) is 0 Å². The number of carbonyl (C=O) groups excluding carboxylic acids is 3. The molecular weight excluding hydrogens is 370 g/mol. The number of halogens is 3. The molecule has 1 aliphatic carbocycles. The summed E-state index contributed by atoms with van der Waals surface area (Å²) >= 11 is 0. The highest BCUT2D eigenvalue weighted by Gasteiger charge is 2.56. The number of nitrogens with two attached hydrogens (primary N) is 1. The maximum Gasteiger partial charge on any atom is 0.325 e. The van der Waals surface area contributed by atoms with Crippen LogP contribution in [0.1, 0.15) is 40.0 Å². The third-order valence-electron chi connectivity index (χ3n) is 4.77. The van der Waals surface area contributed by atoms with Gasteiger partial charge in [-0.3, -0.25) is 14.5 Å². The van der Waals surface area contributed by atoms with Crippen molar-refractivity contribution in [3.05, 3.63) is 0 Å². The molecular formula is C16H27ClF2N4O3. The first-order valence-electron chi connectivity index (χ1n) is 8.38. The summed E-state index contributed by atoms with van der Waals surface area (Å²) in [6, 6.07) is -0.657. The van der Waals surface area contributed by atoms with Crippen LogP contribution in [0.2, 0.25) is 0 Å². The molecule has 0 bridgehead atoms. The maximum atomic E-state index is 13.1. The molecule has 2 fully saturated rings. The van der Waals surface area contributed by atoms with Crippen LogP contribution < -0.4 is 16.4 Å². The molecule has 1 saturated carbocycles. The second-order valence-electron chi connectivity index (χ2n) is 8.09. The van der Waals surface area contributed by atoms with E-state index >= 15 is 0 Å². The SMILES string of the molecule is CC1CC(C)(C)CC2(C1)NC(=O)N(CC(=O)NCC(F)(F)CN)C2=O.Cl. The van der Waals surface area contributed by atoms with E-state index in [9.17, 15) is 23.2 Å². The zero-order chi connectivity index (χ0) is 19.0. The summed E-state index contributed by atoms with van der Waals surface area (Å²) in [6.07, 6.45) is 1.93. The number of carbonyl (C=O) groups is 3. The van der Waals surface area contributed by atoms with E-state index in [0.29, 0.717) is 12.8 Å². The molecule has 1 saturated heterocycles. The lowest BCUT2D eigenvalue weighted by Gasteiger charge is -2.43. The molecule has 150 valence electrons. The highest BCUT2D eigenvalue weighted by molar-refractivity contribution is 6.09. The van der Waals surface area contributed by atoms with E-state index < -0.39 is 48.9 Å². The Hall–Kier alpha value is -1.48. The summed E-state index contributed by atoms with van der Waals surface area (Å²) in [6.45, 7) is 3.68. The number of hydrogen-bond acceptors (Lipinski definition) is 4. The lowest BCUT2D eigenvalue weighted by molar-refractivity contribution is -0.138. The molecule has 2 rings (SSSR count). The third kappa shape index (κ3) is 4.82. The summed E-state index contributed by atoms with van der Waals surface area (Å²) in [5.74, 6) is -4.27. The van der Waals surface area contributed by atoms with Crippen LogP contribution in [-0.2, 0) is 9.59 Å². The topological polar surface area (TPSA) is 105 Å². The zero-order valence-corrected chi connectivity index (χ0v) is 16.0. The molecule has 26 heavy (non-hydrogen) atoms. The summed E-state index contributed by atoms with van der Waals surface area (Å²) < 4.78 is 26.2. The highest BCUT2D eigenvalue weighted by Crippen LogP contribution is 2.46. The van der Waals surface area contributed by atoms with Crippen molar-refractivity contribution >= 4 is 30.3 Å². The van der Waals surface area contributed by atoms with Gasteiger partial charge >= 0.3 is 6.03 Å². The van der Waals surface area contributed by atoms with Crippen molar-refractivity contribution in [1.82, 2.24) is 15.5 Å². The minimum Gasteiger partial charge on any atom is -0.348 e. The number of amides is 4. The van der Waals surface area contributed by atoms with E-state index in [-0.39, 0.29) is 23.7 Å². The van der Waals surface area contributed by atoms with Crippen LogP contribution >= 0.6 is 12.4 Å². The van der Waals surface area contributed by atoms with E-state index in [4.69, 9.17) is 5.73 Å². The van der Waals surface area contributed by atoms with Gasteiger partial charge in [0.15, 0.2) is 0 Å². The van der Waals surface area contributed by atoms with E-state index in [1.54, 1.807) is 0 Å². The number of hydrogen-bond donors (Lipinski definition) is 3. The van der Waals surface area contributed by atoms with Crippen molar-refractivity contribution in [1.29, 1.82) is 0 Å². The van der Waals surface area contributed by atoms with E-state index in [2.05, 4.69) is 5.32 Å². The first kappa shape index (κ1) is 22.6.